The van der Waals surface area contributed by atoms with E-state index in [1.807, 2.05) is 0 Å². The molecule has 0 bridgehead atoms. The molecular formula is C10H8O4. The number of aliphatic carboxylic acids is 1. The molecule has 14 heavy (non-hydrogen) atoms. The minimum atomic E-state index is -1.47. The third kappa shape index (κ3) is 3.10. The SMILES string of the molecule is O=C(O)C(=O)C=CC=Cc1ccco1. The molecule has 0 fully saturated rings. The van der Waals surface area contributed by atoms with Crippen LogP contribution >= 0.6 is 0 Å². The van der Waals surface area contributed by atoms with Crippen molar-refractivity contribution in [2.24, 2.45) is 0 Å². The molecule has 1 heterocycles. The lowest BCUT2D eigenvalue weighted by atomic mass is 10.3. The zero-order valence-electron chi connectivity index (χ0n) is 7.21. The van der Waals surface area contributed by atoms with Crippen molar-refractivity contribution in [1.29, 1.82) is 0 Å². The maximum atomic E-state index is 10.6. The summed E-state index contributed by atoms with van der Waals surface area (Å²) in [4.78, 5) is 20.6. The van der Waals surface area contributed by atoms with Crippen molar-refractivity contribution in [3.8, 4) is 0 Å². The Kier molecular flexibility index (Phi) is 3.43. The van der Waals surface area contributed by atoms with Gasteiger partial charge in [0.15, 0.2) is 0 Å². The highest BCUT2D eigenvalue weighted by atomic mass is 16.4. The fraction of sp³-hybridized carbons (Fsp3) is 0. The van der Waals surface area contributed by atoms with Gasteiger partial charge in [0.25, 0.3) is 5.78 Å². The summed E-state index contributed by atoms with van der Waals surface area (Å²) in [5.41, 5.74) is 0. The van der Waals surface area contributed by atoms with Crippen molar-refractivity contribution in [1.82, 2.24) is 0 Å². The van der Waals surface area contributed by atoms with Crippen molar-refractivity contribution in [3.05, 3.63) is 42.4 Å². The molecule has 0 atom stereocenters. The van der Waals surface area contributed by atoms with Crippen molar-refractivity contribution < 1.29 is 19.1 Å². The van der Waals surface area contributed by atoms with E-state index < -0.39 is 11.8 Å². The molecule has 0 aliphatic rings. The lowest BCUT2D eigenvalue weighted by Gasteiger charge is -1.81. The van der Waals surface area contributed by atoms with E-state index in [1.54, 1.807) is 18.2 Å². The zero-order valence-corrected chi connectivity index (χ0v) is 7.21. The van der Waals surface area contributed by atoms with Crippen LogP contribution in [0.4, 0.5) is 0 Å². The first-order chi connectivity index (χ1) is 6.70. The Hall–Kier alpha value is -2.10. The monoisotopic (exact) mass is 192 g/mol. The van der Waals surface area contributed by atoms with Gasteiger partial charge in [-0.2, -0.15) is 0 Å². The van der Waals surface area contributed by atoms with Crippen LogP contribution in [0.2, 0.25) is 0 Å². The lowest BCUT2D eigenvalue weighted by Crippen LogP contribution is -2.08. The molecule has 0 aliphatic heterocycles. The number of allylic oxidation sites excluding steroid dienone is 2. The number of carboxylic acids is 1. The number of furan rings is 1. The fourth-order valence-electron chi connectivity index (χ4n) is 0.751. The quantitative estimate of drug-likeness (QED) is 0.446. The van der Waals surface area contributed by atoms with Crippen LogP contribution in [0.15, 0.2) is 41.0 Å². The Bertz CT molecular complexity index is 371. The van der Waals surface area contributed by atoms with Crippen molar-refractivity contribution in [2.45, 2.75) is 0 Å². The third-order valence-electron chi connectivity index (χ3n) is 1.37. The van der Waals surface area contributed by atoms with Crippen LogP contribution in [0.5, 0.6) is 0 Å². The minimum absolute atomic E-state index is 0.637. The normalized spacial score (nSPS) is 11.1. The predicted octanol–water partition coefficient (Wildman–Crippen LogP) is 1.50. The zero-order chi connectivity index (χ0) is 10.4. The summed E-state index contributed by atoms with van der Waals surface area (Å²) >= 11 is 0. The van der Waals surface area contributed by atoms with Gasteiger partial charge in [-0.25, -0.2) is 4.79 Å². The van der Waals surface area contributed by atoms with E-state index in [2.05, 4.69) is 0 Å². The summed E-state index contributed by atoms with van der Waals surface area (Å²) in [6.45, 7) is 0. The van der Waals surface area contributed by atoms with E-state index in [-0.39, 0.29) is 0 Å². The Labute approximate surface area is 80.2 Å². The Balaban J connectivity index is 2.48. The molecule has 1 rings (SSSR count). The van der Waals surface area contributed by atoms with Gasteiger partial charge in [0.2, 0.25) is 0 Å². The molecule has 4 nitrogen and oxygen atoms in total. The van der Waals surface area contributed by atoms with Crippen LogP contribution < -0.4 is 0 Å². The maximum absolute atomic E-state index is 10.6. The van der Waals surface area contributed by atoms with Crippen LogP contribution in [0.3, 0.4) is 0 Å². The van der Waals surface area contributed by atoms with Crippen molar-refractivity contribution in [3.63, 3.8) is 0 Å². The maximum Gasteiger partial charge on any atom is 0.376 e. The Morgan fingerprint density at radius 1 is 1.36 bits per heavy atom. The van der Waals surface area contributed by atoms with Crippen LogP contribution in [0.25, 0.3) is 6.08 Å². The van der Waals surface area contributed by atoms with Gasteiger partial charge in [-0.3, -0.25) is 4.79 Å². The summed E-state index contributed by atoms with van der Waals surface area (Å²) in [6.07, 6.45) is 6.98. The van der Waals surface area contributed by atoms with Crippen LogP contribution in [-0.4, -0.2) is 16.9 Å². The molecule has 0 aromatic carbocycles. The van der Waals surface area contributed by atoms with Gasteiger partial charge < -0.3 is 9.52 Å². The van der Waals surface area contributed by atoms with E-state index in [9.17, 15) is 9.59 Å². The number of carbonyl (C=O) groups is 2. The summed E-state index contributed by atoms with van der Waals surface area (Å²) in [6, 6.07) is 3.47. The molecule has 0 radical (unpaired) electrons. The van der Waals surface area contributed by atoms with Gasteiger partial charge in [-0.15, -0.1) is 0 Å². The number of ketones is 1. The second-order valence-corrected chi connectivity index (χ2v) is 2.40. The highest BCUT2D eigenvalue weighted by molar-refractivity contribution is 6.37. The van der Waals surface area contributed by atoms with Crippen LogP contribution in [-0.2, 0) is 9.59 Å². The second kappa shape index (κ2) is 4.81. The number of hydrogen-bond acceptors (Lipinski definition) is 3. The Morgan fingerprint density at radius 2 is 2.14 bits per heavy atom. The average molecular weight is 192 g/mol. The first kappa shape index (κ1) is 9.98. The number of hydrogen-bond donors (Lipinski definition) is 1. The number of carboxylic acid groups (broad SMARTS) is 1. The van der Waals surface area contributed by atoms with Gasteiger partial charge in [0, 0.05) is 0 Å². The van der Waals surface area contributed by atoms with Gasteiger partial charge in [-0.05, 0) is 24.3 Å². The summed E-state index contributed by atoms with van der Waals surface area (Å²) in [5.74, 6) is -1.78. The van der Waals surface area contributed by atoms with E-state index in [4.69, 9.17) is 9.52 Å². The molecule has 72 valence electrons. The summed E-state index contributed by atoms with van der Waals surface area (Å²) in [5, 5.41) is 8.22. The molecule has 1 N–H and O–H groups in total. The molecule has 1 aromatic rings. The number of rotatable bonds is 4. The molecule has 0 saturated heterocycles. The molecule has 1 aromatic heterocycles. The van der Waals surface area contributed by atoms with E-state index in [0.717, 1.165) is 6.08 Å². The van der Waals surface area contributed by atoms with Gasteiger partial charge in [-0.1, -0.05) is 12.2 Å². The van der Waals surface area contributed by atoms with Gasteiger partial charge in [0.1, 0.15) is 5.76 Å². The van der Waals surface area contributed by atoms with Gasteiger partial charge >= 0.3 is 5.97 Å². The predicted molar refractivity (Wildman–Crippen MR) is 49.5 cm³/mol. The minimum Gasteiger partial charge on any atom is -0.475 e. The molecule has 4 heteroatoms. The fourth-order valence-corrected chi connectivity index (χ4v) is 0.751. The molecule has 0 aliphatic carbocycles. The highest BCUT2D eigenvalue weighted by Crippen LogP contribution is 2.01. The molecule has 0 spiro atoms. The van der Waals surface area contributed by atoms with E-state index >= 15 is 0 Å². The molecule has 0 unspecified atom stereocenters. The topological polar surface area (TPSA) is 67.5 Å². The smallest absolute Gasteiger partial charge is 0.376 e. The van der Waals surface area contributed by atoms with Gasteiger partial charge in [0.05, 0.1) is 6.26 Å². The molecule has 0 amide bonds. The number of carbonyl (C=O) groups excluding carboxylic acids is 1. The average Bonchev–Trinajstić information content (AvgIpc) is 2.64. The Morgan fingerprint density at radius 3 is 2.71 bits per heavy atom. The first-order valence-corrected chi connectivity index (χ1v) is 3.85. The third-order valence-corrected chi connectivity index (χ3v) is 1.37. The second-order valence-electron chi connectivity index (χ2n) is 2.40. The van der Waals surface area contributed by atoms with Crippen LogP contribution in [0, 0.1) is 0 Å². The van der Waals surface area contributed by atoms with Crippen molar-refractivity contribution >= 4 is 17.8 Å². The summed E-state index contributed by atoms with van der Waals surface area (Å²) < 4.78 is 4.97. The largest absolute Gasteiger partial charge is 0.475 e. The van der Waals surface area contributed by atoms with Crippen molar-refractivity contribution in [2.75, 3.05) is 0 Å². The lowest BCUT2D eigenvalue weighted by molar-refractivity contribution is -0.146. The van der Waals surface area contributed by atoms with E-state index in [1.165, 1.54) is 18.4 Å². The molecular weight excluding hydrogens is 184 g/mol. The summed E-state index contributed by atoms with van der Waals surface area (Å²) in [7, 11) is 0. The first-order valence-electron chi connectivity index (χ1n) is 3.85. The standard InChI is InChI=1S/C10H8O4/c11-9(10(12)13)6-2-1-4-8-5-3-7-14-8/h1-7H,(H,12,13). The van der Waals surface area contributed by atoms with Crippen LogP contribution in [0.1, 0.15) is 5.76 Å². The molecule has 0 saturated carbocycles. The highest BCUT2D eigenvalue weighted by Gasteiger charge is 2.04. The van der Waals surface area contributed by atoms with E-state index in [0.29, 0.717) is 5.76 Å².